The van der Waals surface area contributed by atoms with Crippen LogP contribution in [0.3, 0.4) is 0 Å². The van der Waals surface area contributed by atoms with Crippen LogP contribution in [-0.4, -0.2) is 85.3 Å². The van der Waals surface area contributed by atoms with Crippen molar-refractivity contribution in [1.29, 1.82) is 0 Å². The van der Waals surface area contributed by atoms with Crippen molar-refractivity contribution in [1.82, 2.24) is 9.80 Å². The lowest BCUT2D eigenvalue weighted by Gasteiger charge is -2.31. The second-order valence-corrected chi connectivity index (χ2v) is 8.11. The smallest absolute Gasteiger partial charge is 0.295 e. The Morgan fingerprint density at radius 3 is 2.41 bits per heavy atom. The maximum absolute atomic E-state index is 13.2. The largest absolute Gasteiger partial charge is 0.507 e. The summed E-state index contributed by atoms with van der Waals surface area (Å²) in [5.74, 6) is -1.26. The molecule has 1 amide bonds. The summed E-state index contributed by atoms with van der Waals surface area (Å²) in [5.41, 5.74) is 0.579. The lowest BCUT2D eigenvalue weighted by Crippen LogP contribution is -2.42. The van der Waals surface area contributed by atoms with Gasteiger partial charge >= 0.3 is 0 Å². The molecule has 34 heavy (non-hydrogen) atoms. The van der Waals surface area contributed by atoms with Crippen molar-refractivity contribution >= 4 is 17.4 Å². The molecule has 2 saturated heterocycles. The topological polar surface area (TPSA) is 109 Å². The number of aliphatic hydroxyl groups excluding tert-OH is 1. The van der Waals surface area contributed by atoms with Crippen LogP contribution in [0.1, 0.15) is 17.2 Å². The summed E-state index contributed by atoms with van der Waals surface area (Å²) in [5, 5.41) is 21.6. The molecule has 1 unspecified atom stereocenters. The number of phenolic OH excluding ortho intramolecular Hbond substituents is 1. The van der Waals surface area contributed by atoms with E-state index in [-0.39, 0.29) is 23.4 Å². The van der Waals surface area contributed by atoms with E-state index in [0.29, 0.717) is 36.8 Å². The zero-order chi connectivity index (χ0) is 24.2. The first kappa shape index (κ1) is 23.6. The number of methoxy groups -OCH3 is 2. The van der Waals surface area contributed by atoms with Gasteiger partial charge in [0.1, 0.15) is 23.0 Å². The summed E-state index contributed by atoms with van der Waals surface area (Å²) < 4.78 is 15.8. The molecule has 0 aromatic heterocycles. The Balaban J connectivity index is 1.77. The fourth-order valence-electron chi connectivity index (χ4n) is 4.33. The molecule has 0 aliphatic carbocycles. The second kappa shape index (κ2) is 10.1. The van der Waals surface area contributed by atoms with Crippen LogP contribution in [0.15, 0.2) is 48.0 Å². The summed E-state index contributed by atoms with van der Waals surface area (Å²) >= 11 is 0. The van der Waals surface area contributed by atoms with Crippen LogP contribution in [0.4, 0.5) is 0 Å². The van der Waals surface area contributed by atoms with Crippen molar-refractivity contribution < 1.29 is 34.0 Å². The number of carbonyl (C=O) groups excluding carboxylic acids is 2. The van der Waals surface area contributed by atoms with Crippen LogP contribution in [0.25, 0.3) is 5.76 Å². The summed E-state index contributed by atoms with van der Waals surface area (Å²) in [7, 11) is 2.99. The number of Topliss-reactive ketones (excluding diaryl/α,β-unsaturated/α-hetero) is 1. The average molecular weight is 469 g/mol. The van der Waals surface area contributed by atoms with Crippen LogP contribution in [0.5, 0.6) is 17.2 Å². The van der Waals surface area contributed by atoms with E-state index < -0.39 is 23.5 Å². The molecule has 0 saturated carbocycles. The highest BCUT2D eigenvalue weighted by molar-refractivity contribution is 6.46. The van der Waals surface area contributed by atoms with Gasteiger partial charge in [-0.05, 0) is 29.8 Å². The third-order valence-corrected chi connectivity index (χ3v) is 6.17. The number of hydrogen-bond donors (Lipinski definition) is 2. The number of rotatable bonds is 7. The standard InChI is InChI=1S/C25H28N2O7/c1-32-17-5-3-4-16(14-17)22-21(23(29)19-7-6-18(33-2)15-20(19)28)24(30)25(31)27(22)9-8-26-10-12-34-13-11-26/h3-7,14-15,22,28-29H,8-13H2,1-2H3. The molecule has 4 rings (SSSR count). The van der Waals surface area contributed by atoms with E-state index in [2.05, 4.69) is 4.90 Å². The van der Waals surface area contributed by atoms with E-state index >= 15 is 0 Å². The SMILES string of the molecule is COc1cccc(C2C(=C(O)c3ccc(OC)cc3O)C(=O)C(=O)N2CCN2CCOCC2)c1. The highest BCUT2D eigenvalue weighted by Gasteiger charge is 2.46. The van der Waals surface area contributed by atoms with Gasteiger partial charge in [-0.25, -0.2) is 0 Å². The normalized spacial score (nSPS) is 20.5. The van der Waals surface area contributed by atoms with Crippen LogP contribution in [0, 0.1) is 0 Å². The molecular formula is C25H28N2O7. The number of ether oxygens (including phenoxy) is 3. The van der Waals surface area contributed by atoms with E-state index in [1.165, 1.54) is 31.3 Å². The number of amides is 1. The number of phenols is 1. The number of aliphatic hydroxyl groups is 1. The molecule has 180 valence electrons. The Morgan fingerprint density at radius 2 is 1.74 bits per heavy atom. The van der Waals surface area contributed by atoms with Crippen LogP contribution < -0.4 is 9.47 Å². The molecule has 9 nitrogen and oxygen atoms in total. The molecule has 0 radical (unpaired) electrons. The second-order valence-electron chi connectivity index (χ2n) is 8.11. The van der Waals surface area contributed by atoms with Gasteiger partial charge in [0.15, 0.2) is 0 Å². The van der Waals surface area contributed by atoms with E-state index in [4.69, 9.17) is 14.2 Å². The molecule has 0 spiro atoms. The Hall–Kier alpha value is -3.56. The molecule has 0 bridgehead atoms. The summed E-state index contributed by atoms with van der Waals surface area (Å²) in [6, 6.07) is 10.6. The molecule has 2 fully saturated rings. The Labute approximate surface area is 197 Å². The van der Waals surface area contributed by atoms with Gasteiger partial charge in [-0.15, -0.1) is 0 Å². The van der Waals surface area contributed by atoms with Gasteiger partial charge in [-0.3, -0.25) is 14.5 Å². The predicted molar refractivity (Wildman–Crippen MR) is 124 cm³/mol. The van der Waals surface area contributed by atoms with E-state index in [1.807, 2.05) is 0 Å². The van der Waals surface area contributed by atoms with Crippen molar-refractivity contribution in [2.24, 2.45) is 0 Å². The number of aromatic hydroxyl groups is 1. The first-order valence-corrected chi connectivity index (χ1v) is 11.0. The van der Waals surface area contributed by atoms with Gasteiger partial charge in [0, 0.05) is 32.2 Å². The first-order chi connectivity index (χ1) is 16.4. The van der Waals surface area contributed by atoms with Crippen LogP contribution in [-0.2, 0) is 14.3 Å². The number of morpholine rings is 1. The quantitative estimate of drug-likeness (QED) is 0.362. The maximum atomic E-state index is 13.2. The molecule has 1 atom stereocenters. The Bertz CT molecular complexity index is 1110. The monoisotopic (exact) mass is 468 g/mol. The molecule has 2 heterocycles. The van der Waals surface area contributed by atoms with Crippen LogP contribution >= 0.6 is 0 Å². The minimum absolute atomic E-state index is 0.0416. The number of benzene rings is 2. The fraction of sp³-hybridized carbons (Fsp3) is 0.360. The van der Waals surface area contributed by atoms with Gasteiger partial charge in [0.2, 0.25) is 0 Å². The minimum atomic E-state index is -0.836. The number of nitrogens with zero attached hydrogens (tertiary/aromatic N) is 2. The third-order valence-electron chi connectivity index (χ3n) is 6.17. The van der Waals surface area contributed by atoms with Crippen molar-refractivity contribution in [3.63, 3.8) is 0 Å². The van der Waals surface area contributed by atoms with Gasteiger partial charge in [-0.2, -0.15) is 0 Å². The van der Waals surface area contributed by atoms with Crippen molar-refractivity contribution in [2.75, 3.05) is 53.6 Å². The van der Waals surface area contributed by atoms with Gasteiger partial charge < -0.3 is 29.3 Å². The summed E-state index contributed by atoms with van der Waals surface area (Å²) in [6.45, 7) is 3.58. The lowest BCUT2D eigenvalue weighted by atomic mass is 9.94. The van der Waals surface area contributed by atoms with E-state index in [0.717, 1.165) is 13.1 Å². The predicted octanol–water partition coefficient (Wildman–Crippen LogP) is 2.16. The van der Waals surface area contributed by atoms with Crippen LogP contribution in [0.2, 0.25) is 0 Å². The van der Waals surface area contributed by atoms with Gasteiger partial charge in [-0.1, -0.05) is 12.1 Å². The number of ketones is 1. The number of carbonyl (C=O) groups is 2. The summed E-state index contributed by atoms with van der Waals surface area (Å²) in [4.78, 5) is 29.9. The zero-order valence-electron chi connectivity index (χ0n) is 19.2. The number of hydrogen-bond acceptors (Lipinski definition) is 8. The summed E-state index contributed by atoms with van der Waals surface area (Å²) in [6.07, 6.45) is 0. The van der Waals surface area contributed by atoms with E-state index in [1.54, 1.807) is 30.3 Å². The first-order valence-electron chi connectivity index (χ1n) is 11.0. The lowest BCUT2D eigenvalue weighted by molar-refractivity contribution is -0.140. The molecule has 2 aromatic carbocycles. The number of likely N-dealkylation sites (tertiary alicyclic amines) is 1. The fourth-order valence-corrected chi connectivity index (χ4v) is 4.33. The molecule has 2 aromatic rings. The average Bonchev–Trinajstić information content (AvgIpc) is 3.12. The van der Waals surface area contributed by atoms with Crippen molar-refractivity contribution in [3.8, 4) is 17.2 Å². The molecule has 2 aliphatic heterocycles. The minimum Gasteiger partial charge on any atom is -0.507 e. The van der Waals surface area contributed by atoms with Crippen molar-refractivity contribution in [2.45, 2.75) is 6.04 Å². The third kappa shape index (κ3) is 4.57. The molecule has 2 aliphatic rings. The molecule has 2 N–H and O–H groups in total. The van der Waals surface area contributed by atoms with Crippen molar-refractivity contribution in [3.05, 3.63) is 59.2 Å². The Morgan fingerprint density at radius 1 is 1.03 bits per heavy atom. The zero-order valence-corrected chi connectivity index (χ0v) is 19.2. The Kier molecular flexibility index (Phi) is 7.04. The van der Waals surface area contributed by atoms with Gasteiger partial charge in [0.05, 0.1) is 44.6 Å². The maximum Gasteiger partial charge on any atom is 0.295 e. The molecular weight excluding hydrogens is 440 g/mol. The highest BCUT2D eigenvalue weighted by Crippen LogP contribution is 2.41. The van der Waals surface area contributed by atoms with E-state index in [9.17, 15) is 19.8 Å². The molecule has 9 heteroatoms. The highest BCUT2D eigenvalue weighted by atomic mass is 16.5. The van der Waals surface area contributed by atoms with Gasteiger partial charge in [0.25, 0.3) is 11.7 Å².